The number of fused-ring (bicyclic) bond motifs is 3. The van der Waals surface area contributed by atoms with Crippen LogP contribution >= 0.6 is 0 Å². The van der Waals surface area contributed by atoms with Gasteiger partial charge in [-0.05, 0) is 22.2 Å². The summed E-state index contributed by atoms with van der Waals surface area (Å²) < 4.78 is 0. The highest BCUT2D eigenvalue weighted by atomic mass is 16.5. The Balaban J connectivity index is 2.69. The average molecular weight is 214 g/mol. The first-order valence-electron chi connectivity index (χ1n) is 4.60. The molecule has 2 aromatic heterocycles. The Hall–Kier alpha value is -2.50. The molecule has 0 fully saturated rings. The second-order valence-electron chi connectivity index (χ2n) is 3.32. The zero-order valence-corrected chi connectivity index (χ0v) is 8.03. The third-order valence-electron chi connectivity index (χ3n) is 2.39. The SMILES string of the molecule is O=c1c2c(ccc3cccnc32)nnn1O. The van der Waals surface area contributed by atoms with Gasteiger partial charge >= 0.3 is 5.56 Å². The molecule has 0 saturated carbocycles. The normalized spacial score (nSPS) is 11.0. The molecule has 6 heteroatoms. The minimum absolute atomic E-state index is 0.219. The smallest absolute Gasteiger partial charge is 0.316 e. The van der Waals surface area contributed by atoms with Crippen LogP contribution in [0.25, 0.3) is 21.8 Å². The Morgan fingerprint density at radius 1 is 1.25 bits per heavy atom. The molecular weight excluding hydrogens is 208 g/mol. The third kappa shape index (κ3) is 1.07. The number of hydrogen-bond donors (Lipinski definition) is 1. The Kier molecular flexibility index (Phi) is 1.64. The van der Waals surface area contributed by atoms with Crippen LogP contribution in [0.3, 0.4) is 0 Å². The standard InChI is InChI=1S/C10H6N4O2/c15-10-8-7(12-13-14(10)16)4-3-6-2-1-5-11-9(6)8/h1-5,16H. The molecule has 16 heavy (non-hydrogen) atoms. The topological polar surface area (TPSA) is 80.9 Å². The summed E-state index contributed by atoms with van der Waals surface area (Å²) in [5, 5.41) is 17.3. The van der Waals surface area contributed by atoms with Crippen LogP contribution in [0.2, 0.25) is 0 Å². The number of hydrogen-bond acceptors (Lipinski definition) is 5. The van der Waals surface area contributed by atoms with E-state index in [2.05, 4.69) is 15.3 Å². The summed E-state index contributed by atoms with van der Waals surface area (Å²) >= 11 is 0. The van der Waals surface area contributed by atoms with Crippen LogP contribution in [0, 0.1) is 0 Å². The molecular formula is C10H6N4O2. The minimum atomic E-state index is -0.616. The maximum Gasteiger partial charge on any atom is 0.316 e. The van der Waals surface area contributed by atoms with Gasteiger partial charge in [-0.2, -0.15) is 0 Å². The van der Waals surface area contributed by atoms with Crippen molar-refractivity contribution >= 4 is 21.8 Å². The quantitative estimate of drug-likeness (QED) is 0.437. The van der Waals surface area contributed by atoms with Gasteiger partial charge in [-0.3, -0.25) is 9.78 Å². The summed E-state index contributed by atoms with van der Waals surface area (Å²) in [6.07, 6.45) is 1.59. The fourth-order valence-electron chi connectivity index (χ4n) is 1.66. The highest BCUT2D eigenvalue weighted by Crippen LogP contribution is 2.17. The second kappa shape index (κ2) is 2.99. The van der Waals surface area contributed by atoms with Gasteiger partial charge in [0.25, 0.3) is 0 Å². The van der Waals surface area contributed by atoms with Gasteiger partial charge in [0.15, 0.2) is 0 Å². The van der Waals surface area contributed by atoms with Crippen molar-refractivity contribution in [2.45, 2.75) is 0 Å². The van der Waals surface area contributed by atoms with Gasteiger partial charge in [0.1, 0.15) is 5.52 Å². The Labute approximate surface area is 88.7 Å². The van der Waals surface area contributed by atoms with Gasteiger partial charge in [-0.25, -0.2) is 0 Å². The number of pyridine rings is 1. The molecule has 0 amide bonds. The first-order valence-corrected chi connectivity index (χ1v) is 4.60. The van der Waals surface area contributed by atoms with Crippen LogP contribution in [0.5, 0.6) is 0 Å². The second-order valence-corrected chi connectivity index (χ2v) is 3.32. The van der Waals surface area contributed by atoms with Crippen molar-refractivity contribution < 1.29 is 5.21 Å². The maximum atomic E-state index is 11.7. The summed E-state index contributed by atoms with van der Waals surface area (Å²) in [6, 6.07) is 7.10. The van der Waals surface area contributed by atoms with Crippen LogP contribution in [0.15, 0.2) is 35.3 Å². The van der Waals surface area contributed by atoms with E-state index < -0.39 is 5.56 Å². The Morgan fingerprint density at radius 3 is 3.00 bits per heavy atom. The summed E-state index contributed by atoms with van der Waals surface area (Å²) in [4.78, 5) is 16.1. The van der Waals surface area contributed by atoms with Gasteiger partial charge in [0.2, 0.25) is 0 Å². The summed E-state index contributed by atoms with van der Waals surface area (Å²) in [5.74, 6) is 0. The van der Waals surface area contributed by atoms with Crippen LogP contribution in [-0.4, -0.2) is 25.3 Å². The highest BCUT2D eigenvalue weighted by molar-refractivity contribution is 6.02. The van der Waals surface area contributed by atoms with E-state index in [0.717, 1.165) is 5.39 Å². The van der Waals surface area contributed by atoms with E-state index >= 15 is 0 Å². The summed E-state index contributed by atoms with van der Waals surface area (Å²) in [6.45, 7) is 0. The van der Waals surface area contributed by atoms with Crippen molar-refractivity contribution in [3.05, 3.63) is 40.8 Å². The lowest BCUT2D eigenvalue weighted by atomic mass is 10.1. The molecule has 0 radical (unpaired) electrons. The number of benzene rings is 1. The van der Waals surface area contributed by atoms with E-state index in [-0.39, 0.29) is 10.2 Å². The van der Waals surface area contributed by atoms with Crippen LogP contribution in [0.4, 0.5) is 0 Å². The van der Waals surface area contributed by atoms with Crippen molar-refractivity contribution in [1.29, 1.82) is 0 Å². The molecule has 6 nitrogen and oxygen atoms in total. The molecule has 0 aliphatic carbocycles. The molecule has 3 aromatic rings. The van der Waals surface area contributed by atoms with E-state index in [4.69, 9.17) is 0 Å². The molecule has 0 unspecified atom stereocenters. The van der Waals surface area contributed by atoms with E-state index in [1.807, 2.05) is 6.07 Å². The molecule has 0 saturated heterocycles. The lowest BCUT2D eigenvalue weighted by molar-refractivity contribution is 0.127. The van der Waals surface area contributed by atoms with Crippen molar-refractivity contribution in [3.63, 3.8) is 0 Å². The van der Waals surface area contributed by atoms with E-state index in [1.165, 1.54) is 0 Å². The molecule has 0 spiro atoms. The van der Waals surface area contributed by atoms with Crippen LogP contribution in [0.1, 0.15) is 0 Å². The number of rotatable bonds is 0. The van der Waals surface area contributed by atoms with E-state index in [1.54, 1.807) is 24.4 Å². The molecule has 1 aromatic carbocycles. The van der Waals surface area contributed by atoms with E-state index in [0.29, 0.717) is 11.0 Å². The third-order valence-corrected chi connectivity index (χ3v) is 2.39. The predicted molar refractivity (Wildman–Crippen MR) is 56.3 cm³/mol. The maximum absolute atomic E-state index is 11.7. The fraction of sp³-hybridized carbons (Fsp3) is 0. The van der Waals surface area contributed by atoms with Gasteiger partial charge in [-0.1, -0.05) is 12.1 Å². The first kappa shape index (κ1) is 8.78. The van der Waals surface area contributed by atoms with Gasteiger partial charge < -0.3 is 5.21 Å². The van der Waals surface area contributed by atoms with Crippen molar-refractivity contribution in [2.24, 2.45) is 0 Å². The number of nitrogens with zero attached hydrogens (tertiary/aromatic N) is 4. The monoisotopic (exact) mass is 214 g/mol. The zero-order valence-electron chi connectivity index (χ0n) is 8.03. The Morgan fingerprint density at radius 2 is 2.12 bits per heavy atom. The molecule has 78 valence electrons. The highest BCUT2D eigenvalue weighted by Gasteiger charge is 2.09. The lowest BCUT2D eigenvalue weighted by Gasteiger charge is -2.01. The van der Waals surface area contributed by atoms with Crippen molar-refractivity contribution in [3.8, 4) is 0 Å². The van der Waals surface area contributed by atoms with Crippen molar-refractivity contribution in [2.75, 3.05) is 0 Å². The van der Waals surface area contributed by atoms with Gasteiger partial charge in [0.05, 0.1) is 10.9 Å². The van der Waals surface area contributed by atoms with Crippen molar-refractivity contribution in [1.82, 2.24) is 20.1 Å². The molecule has 0 bridgehead atoms. The molecule has 0 aliphatic rings. The van der Waals surface area contributed by atoms with Crippen LogP contribution < -0.4 is 5.56 Å². The fourth-order valence-corrected chi connectivity index (χ4v) is 1.66. The zero-order chi connectivity index (χ0) is 11.1. The molecule has 2 heterocycles. The molecule has 3 rings (SSSR count). The summed E-state index contributed by atoms with van der Waals surface area (Å²) in [7, 11) is 0. The largest absolute Gasteiger partial charge is 0.407 e. The average Bonchev–Trinajstić information content (AvgIpc) is 2.33. The van der Waals surface area contributed by atoms with Gasteiger partial charge in [-0.15, -0.1) is 5.10 Å². The lowest BCUT2D eigenvalue weighted by Crippen LogP contribution is -2.22. The number of aromatic nitrogens is 4. The summed E-state index contributed by atoms with van der Waals surface area (Å²) in [5.41, 5.74) is 0.318. The molecule has 1 N–H and O–H groups in total. The minimum Gasteiger partial charge on any atom is -0.407 e. The molecule has 0 aliphatic heterocycles. The van der Waals surface area contributed by atoms with E-state index in [9.17, 15) is 10.0 Å². The van der Waals surface area contributed by atoms with Gasteiger partial charge in [0, 0.05) is 11.6 Å². The predicted octanol–water partition coefficient (Wildman–Crippen LogP) is 0.577. The Bertz CT molecular complexity index is 750. The van der Waals surface area contributed by atoms with Crippen LogP contribution in [-0.2, 0) is 0 Å². The molecule has 0 atom stereocenters. The first-order chi connectivity index (χ1) is 7.77.